The minimum atomic E-state index is -1.05. The molecule has 0 aromatic heterocycles. The zero-order chi connectivity index (χ0) is 21.4. The molecule has 1 amide bonds. The second-order valence-electron chi connectivity index (χ2n) is 8.19. The van der Waals surface area contributed by atoms with E-state index in [1.54, 1.807) is 27.9 Å². The van der Waals surface area contributed by atoms with Crippen molar-refractivity contribution in [1.82, 2.24) is 5.32 Å². The number of carbonyl (C=O) groups is 1. The third-order valence-electron chi connectivity index (χ3n) is 5.05. The Morgan fingerprint density at radius 3 is 2.79 bits per heavy atom. The number of hydrogen-bond donors (Lipinski definition) is 1. The number of amidine groups is 1. The number of thioether (sulfide) groups is 1. The van der Waals surface area contributed by atoms with Crippen LogP contribution in [-0.4, -0.2) is 40.8 Å². The maximum absolute atomic E-state index is 14.8. The average Bonchev–Trinajstić information content (AvgIpc) is 2.99. The third-order valence-corrected chi connectivity index (χ3v) is 6.09. The summed E-state index contributed by atoms with van der Waals surface area (Å²) in [4.78, 5) is 27.6. The number of non-ortho nitro benzene ring substituents is 1. The molecule has 29 heavy (non-hydrogen) atoms. The van der Waals surface area contributed by atoms with Crippen molar-refractivity contribution < 1.29 is 23.6 Å². The smallest absolute Gasteiger partial charge is 0.413 e. The molecular formula is C19H24FN3O5S. The van der Waals surface area contributed by atoms with Crippen LogP contribution in [0.4, 0.5) is 14.9 Å². The van der Waals surface area contributed by atoms with Crippen molar-refractivity contribution >= 4 is 28.7 Å². The Morgan fingerprint density at radius 2 is 2.17 bits per heavy atom. The van der Waals surface area contributed by atoms with Crippen molar-refractivity contribution in [3.8, 4) is 0 Å². The number of ether oxygens (including phenoxy) is 2. The molecule has 158 valence electrons. The summed E-state index contributed by atoms with van der Waals surface area (Å²) >= 11 is 1.34. The van der Waals surface area contributed by atoms with Crippen molar-refractivity contribution in [3.63, 3.8) is 0 Å². The number of alkyl carbamates (subject to hydrolysis) is 1. The molecule has 1 aromatic carbocycles. The van der Waals surface area contributed by atoms with Gasteiger partial charge in [-0.3, -0.25) is 20.4 Å². The van der Waals surface area contributed by atoms with Crippen LogP contribution in [0.5, 0.6) is 0 Å². The summed E-state index contributed by atoms with van der Waals surface area (Å²) in [6.45, 7) is 5.25. The van der Waals surface area contributed by atoms with Crippen molar-refractivity contribution in [3.05, 3.63) is 39.7 Å². The molecule has 1 fully saturated rings. The van der Waals surface area contributed by atoms with Crippen molar-refractivity contribution in [2.75, 3.05) is 12.9 Å². The number of nitro benzene ring substituents is 1. The molecule has 8 nitrogen and oxygen atoms in total. The summed E-state index contributed by atoms with van der Waals surface area (Å²) < 4.78 is 25.6. The number of amides is 1. The van der Waals surface area contributed by atoms with Crippen LogP contribution in [0, 0.1) is 21.8 Å². The van der Waals surface area contributed by atoms with E-state index in [9.17, 15) is 19.3 Å². The number of aliphatic imine (C=N–C) groups is 1. The van der Waals surface area contributed by atoms with Gasteiger partial charge in [-0.1, -0.05) is 11.8 Å². The van der Waals surface area contributed by atoms with E-state index in [1.165, 1.54) is 17.8 Å². The van der Waals surface area contributed by atoms with E-state index in [2.05, 4.69) is 5.32 Å². The number of carbonyl (C=O) groups excluding carboxylic acids is 1. The van der Waals surface area contributed by atoms with Crippen LogP contribution < -0.4 is 5.32 Å². The number of methoxy groups -OCH3 is 1. The second kappa shape index (κ2) is 7.91. The van der Waals surface area contributed by atoms with Gasteiger partial charge in [0.05, 0.1) is 16.6 Å². The van der Waals surface area contributed by atoms with E-state index < -0.39 is 28.0 Å². The molecule has 1 heterocycles. The minimum Gasteiger partial charge on any atom is -0.444 e. The fraction of sp³-hybridized carbons (Fsp3) is 0.579. The van der Waals surface area contributed by atoms with Gasteiger partial charge in [-0.05, 0) is 33.3 Å². The van der Waals surface area contributed by atoms with Crippen molar-refractivity contribution in [2.45, 2.75) is 50.9 Å². The number of nitrogens with zero attached hydrogens (tertiary/aromatic N) is 2. The van der Waals surface area contributed by atoms with Gasteiger partial charge >= 0.3 is 6.09 Å². The topological polar surface area (TPSA) is 103 Å². The lowest BCUT2D eigenvalue weighted by Gasteiger charge is -2.36. The maximum atomic E-state index is 14.8. The molecule has 0 bridgehead atoms. The van der Waals surface area contributed by atoms with Gasteiger partial charge in [-0.15, -0.1) is 0 Å². The highest BCUT2D eigenvalue weighted by atomic mass is 32.2. The zero-order valence-corrected chi connectivity index (χ0v) is 17.5. The molecule has 2 aliphatic rings. The number of rotatable bonds is 3. The van der Waals surface area contributed by atoms with Gasteiger partial charge < -0.3 is 9.47 Å². The molecule has 1 N–H and O–H groups in total. The fourth-order valence-corrected chi connectivity index (χ4v) is 4.98. The monoisotopic (exact) mass is 425 g/mol. The Morgan fingerprint density at radius 1 is 1.45 bits per heavy atom. The van der Waals surface area contributed by atoms with Gasteiger partial charge in [-0.25, -0.2) is 9.18 Å². The van der Waals surface area contributed by atoms with Crippen LogP contribution in [0.15, 0.2) is 23.2 Å². The molecular weight excluding hydrogens is 401 g/mol. The van der Waals surface area contributed by atoms with Crippen LogP contribution >= 0.6 is 11.8 Å². The van der Waals surface area contributed by atoms with Crippen molar-refractivity contribution in [1.29, 1.82) is 0 Å². The first-order chi connectivity index (χ1) is 13.5. The molecule has 3 rings (SSSR count). The lowest BCUT2D eigenvalue weighted by molar-refractivity contribution is -0.385. The summed E-state index contributed by atoms with van der Waals surface area (Å²) in [7, 11) is 1.58. The first-order valence-electron chi connectivity index (χ1n) is 9.24. The Hall–Kier alpha value is -2.20. The third kappa shape index (κ3) is 4.53. The molecule has 1 aromatic rings. The standard InChI is InChI=1S/C19H24FN3O5S/c1-18(2,3)28-17(24)21-16-22-19(9-13(27-4)7-11(19)10-29-16)14-8-12(23(25)26)5-6-15(14)20/h5-6,8,11,13H,7,9-10H2,1-4H3,(H,21,22,24)/t11-,13-,19-/m0/s1. The van der Waals surface area contributed by atoms with E-state index >= 15 is 0 Å². The Balaban J connectivity index is 2.02. The molecule has 10 heteroatoms. The number of benzene rings is 1. The van der Waals surface area contributed by atoms with E-state index in [4.69, 9.17) is 14.5 Å². The summed E-state index contributed by atoms with van der Waals surface area (Å²) in [6, 6.07) is 3.47. The largest absolute Gasteiger partial charge is 0.444 e. The van der Waals surface area contributed by atoms with Gasteiger partial charge in [0.2, 0.25) is 0 Å². The van der Waals surface area contributed by atoms with Crippen LogP contribution in [-0.2, 0) is 15.0 Å². The van der Waals surface area contributed by atoms with Gasteiger partial charge in [-0.2, -0.15) is 0 Å². The van der Waals surface area contributed by atoms with Crippen LogP contribution in [0.1, 0.15) is 39.2 Å². The molecule has 1 aliphatic heterocycles. The summed E-state index contributed by atoms with van der Waals surface area (Å²) in [5, 5.41) is 14.2. The summed E-state index contributed by atoms with van der Waals surface area (Å²) in [6.07, 6.45) is 0.197. The van der Waals surface area contributed by atoms with Crippen LogP contribution in [0.2, 0.25) is 0 Å². The first-order valence-corrected chi connectivity index (χ1v) is 10.2. The number of fused-ring (bicyclic) bond motifs is 1. The van der Waals surface area contributed by atoms with Crippen molar-refractivity contribution in [2.24, 2.45) is 10.9 Å². The fourth-order valence-electron chi connectivity index (χ4n) is 3.83. The Kier molecular flexibility index (Phi) is 5.86. The molecule has 0 saturated heterocycles. The number of hydrogen-bond acceptors (Lipinski definition) is 7. The molecule has 1 aliphatic carbocycles. The highest BCUT2D eigenvalue weighted by Crippen LogP contribution is 2.52. The number of nitrogens with one attached hydrogen (secondary N) is 1. The summed E-state index contributed by atoms with van der Waals surface area (Å²) in [5.74, 6) is -0.0841. The van der Waals surface area contributed by atoms with E-state index in [-0.39, 0.29) is 23.3 Å². The predicted molar refractivity (Wildman–Crippen MR) is 108 cm³/mol. The average molecular weight is 425 g/mol. The zero-order valence-electron chi connectivity index (χ0n) is 16.7. The van der Waals surface area contributed by atoms with E-state index in [1.807, 2.05) is 0 Å². The SMILES string of the molecule is CO[C@H]1C[C@H]2CSC(NC(=O)OC(C)(C)C)=N[C@@]2(c2cc([N+](=O)[O-])ccc2F)C1. The quantitative estimate of drug-likeness (QED) is 0.580. The normalized spacial score (nSPS) is 26.4. The van der Waals surface area contributed by atoms with Gasteiger partial charge in [0, 0.05) is 42.9 Å². The van der Waals surface area contributed by atoms with E-state index in [0.29, 0.717) is 23.8 Å². The predicted octanol–water partition coefficient (Wildman–Crippen LogP) is 3.98. The van der Waals surface area contributed by atoms with Crippen LogP contribution in [0.3, 0.4) is 0 Å². The second-order valence-corrected chi connectivity index (χ2v) is 9.20. The Bertz CT molecular complexity index is 857. The maximum Gasteiger partial charge on any atom is 0.413 e. The number of nitro groups is 1. The molecule has 0 unspecified atom stereocenters. The summed E-state index contributed by atoms with van der Waals surface area (Å²) in [5.41, 5.74) is -1.78. The highest BCUT2D eigenvalue weighted by Gasteiger charge is 2.52. The lowest BCUT2D eigenvalue weighted by Crippen LogP contribution is -2.42. The van der Waals surface area contributed by atoms with Gasteiger partial charge in [0.15, 0.2) is 5.17 Å². The first kappa shape index (κ1) is 21.5. The lowest BCUT2D eigenvalue weighted by atomic mass is 9.81. The van der Waals surface area contributed by atoms with E-state index in [0.717, 1.165) is 12.1 Å². The molecule has 3 atom stereocenters. The van der Waals surface area contributed by atoms with Crippen LogP contribution in [0.25, 0.3) is 0 Å². The molecule has 0 radical (unpaired) electrons. The van der Waals surface area contributed by atoms with Gasteiger partial charge in [0.25, 0.3) is 5.69 Å². The molecule has 0 spiro atoms. The Labute approximate surface area is 172 Å². The minimum absolute atomic E-state index is 0.0851. The molecule has 1 saturated carbocycles. The van der Waals surface area contributed by atoms with Gasteiger partial charge in [0.1, 0.15) is 11.4 Å². The highest BCUT2D eigenvalue weighted by molar-refractivity contribution is 8.13. The number of halogens is 1.